The molecule has 0 saturated carbocycles. The molecule has 0 heterocycles. The number of allylic oxidation sites excluding steroid dienone is 4. The lowest BCUT2D eigenvalue weighted by Crippen LogP contribution is -2.38. The van der Waals surface area contributed by atoms with E-state index in [9.17, 15) is 9.59 Å². The number of carbonyl (C=O) groups excluding carboxylic acids is 2. The Hall–Kier alpha value is -1.44. The van der Waals surface area contributed by atoms with Crippen LogP contribution in [0.15, 0.2) is 36.0 Å². The lowest BCUT2D eigenvalue weighted by molar-refractivity contribution is -0.138. The van der Waals surface area contributed by atoms with Crippen LogP contribution in [-0.2, 0) is 9.59 Å². The number of hydrogen-bond donors (Lipinski definition) is 0. The van der Waals surface area contributed by atoms with Gasteiger partial charge in [0.1, 0.15) is 5.78 Å². The fourth-order valence-corrected chi connectivity index (χ4v) is 4.66. The van der Waals surface area contributed by atoms with Gasteiger partial charge in [0.15, 0.2) is 5.78 Å². The third kappa shape index (κ3) is 40.6. The number of rotatable bonds is 21. The van der Waals surface area contributed by atoms with Crippen molar-refractivity contribution in [3.05, 3.63) is 36.0 Å². The molecule has 0 aliphatic carbocycles. The maximum atomic E-state index is 12.9. The summed E-state index contributed by atoms with van der Waals surface area (Å²) in [6, 6.07) is 0. The van der Waals surface area contributed by atoms with Gasteiger partial charge in [0.2, 0.25) is 0 Å². The molecule has 0 saturated heterocycles. The van der Waals surface area contributed by atoms with Crippen molar-refractivity contribution in [3.8, 4) is 0 Å². The van der Waals surface area contributed by atoms with E-state index in [-0.39, 0.29) is 11.6 Å². The molecule has 2 atom stereocenters. The topological polar surface area (TPSA) is 34.1 Å². The monoisotopic (exact) mass is 651 g/mol. The first-order valence-electron chi connectivity index (χ1n) is 19.7. The van der Waals surface area contributed by atoms with Gasteiger partial charge in [0.25, 0.3) is 0 Å². The molecule has 0 aromatic heterocycles. The SMILES string of the molecule is C=C(C)C.C=CC.CC.CC.CCC(C)CCCCCCCCCC(CC)(C(C)=O)C(=O)C(C)=C(C)C.CCCCCCCCC. The van der Waals surface area contributed by atoms with E-state index in [1.807, 2.05) is 76.2 Å². The summed E-state index contributed by atoms with van der Waals surface area (Å²) in [7, 11) is 0. The molecule has 46 heavy (non-hydrogen) atoms. The molecular formula is C44H90O2. The number of Topliss-reactive ketones (excluding diaryl/α,β-unsaturated/α-hetero) is 2. The molecule has 0 bridgehead atoms. The van der Waals surface area contributed by atoms with Crippen LogP contribution in [0, 0.1) is 11.3 Å². The van der Waals surface area contributed by atoms with Gasteiger partial charge in [-0.2, -0.15) is 0 Å². The summed E-state index contributed by atoms with van der Waals surface area (Å²) in [5, 5.41) is 0. The zero-order valence-corrected chi connectivity index (χ0v) is 35.1. The molecule has 0 spiro atoms. The second-order valence-electron chi connectivity index (χ2n) is 12.9. The minimum atomic E-state index is -0.794. The maximum Gasteiger partial charge on any atom is 0.171 e. The van der Waals surface area contributed by atoms with Crippen LogP contribution in [0.3, 0.4) is 0 Å². The van der Waals surface area contributed by atoms with E-state index in [0.717, 1.165) is 29.9 Å². The molecule has 278 valence electrons. The number of carbonyl (C=O) groups is 2. The standard InChI is InChI=1S/C24H44O2.C9H20.C4H8.C3H6.2C2H6/c1-8-20(5)17-15-13-11-10-12-14-16-18-24(9-2,22(7)25)23(26)21(6)19(3)4;1-3-5-7-9-8-6-4-2;1-4(2)3;1-3-2;2*1-2/h20H,8-18H2,1-7H3;3-9H2,1-2H3;1H2,2-3H3;3H,1H2,2H3;2*1-2H3. The van der Waals surface area contributed by atoms with Crippen LogP contribution in [0.4, 0.5) is 0 Å². The average molecular weight is 651 g/mol. The zero-order chi connectivity index (χ0) is 37.4. The third-order valence-electron chi connectivity index (χ3n) is 8.01. The van der Waals surface area contributed by atoms with Gasteiger partial charge < -0.3 is 0 Å². The summed E-state index contributed by atoms with van der Waals surface area (Å²) in [4.78, 5) is 25.3. The predicted molar refractivity (Wildman–Crippen MR) is 216 cm³/mol. The normalized spacial score (nSPS) is 11.3. The minimum Gasteiger partial charge on any atom is -0.299 e. The highest BCUT2D eigenvalue weighted by Gasteiger charge is 2.41. The molecule has 0 rings (SSSR count). The molecule has 2 nitrogen and oxygen atoms in total. The number of unbranched alkanes of at least 4 members (excludes halogenated alkanes) is 12. The van der Waals surface area contributed by atoms with Crippen LogP contribution in [0.25, 0.3) is 0 Å². The first-order valence-corrected chi connectivity index (χ1v) is 19.7. The second-order valence-corrected chi connectivity index (χ2v) is 12.9. The smallest absolute Gasteiger partial charge is 0.171 e. The van der Waals surface area contributed by atoms with Crippen LogP contribution in [-0.4, -0.2) is 11.6 Å². The highest BCUT2D eigenvalue weighted by atomic mass is 16.2. The first kappa shape index (κ1) is 56.9. The van der Waals surface area contributed by atoms with Gasteiger partial charge in [-0.25, -0.2) is 0 Å². The van der Waals surface area contributed by atoms with Crippen LogP contribution in [0.1, 0.15) is 226 Å². The van der Waals surface area contributed by atoms with Crippen molar-refractivity contribution in [2.75, 3.05) is 0 Å². The Morgan fingerprint density at radius 3 is 1.26 bits per heavy atom. The van der Waals surface area contributed by atoms with E-state index in [1.165, 1.54) is 95.5 Å². The molecule has 0 amide bonds. The highest BCUT2D eigenvalue weighted by molar-refractivity contribution is 6.13. The Morgan fingerprint density at radius 1 is 0.652 bits per heavy atom. The summed E-state index contributed by atoms with van der Waals surface area (Å²) in [6.07, 6.45) is 24.3. The van der Waals surface area contributed by atoms with Crippen LogP contribution in [0.2, 0.25) is 0 Å². The Kier molecular flexibility index (Phi) is 56.5. The van der Waals surface area contributed by atoms with E-state index < -0.39 is 5.41 Å². The second kappa shape index (κ2) is 45.7. The Morgan fingerprint density at radius 2 is 0.978 bits per heavy atom. The molecule has 2 heteroatoms. The van der Waals surface area contributed by atoms with Crippen molar-refractivity contribution in [2.45, 2.75) is 226 Å². The van der Waals surface area contributed by atoms with Gasteiger partial charge in [-0.3, -0.25) is 9.59 Å². The third-order valence-corrected chi connectivity index (χ3v) is 8.01. The average Bonchev–Trinajstić information content (AvgIpc) is 3.03. The Labute approximate surface area is 294 Å². The summed E-state index contributed by atoms with van der Waals surface area (Å²) in [6.45, 7) is 39.2. The summed E-state index contributed by atoms with van der Waals surface area (Å²) in [5.74, 6) is 0.957. The van der Waals surface area contributed by atoms with Crippen LogP contribution >= 0.6 is 0 Å². The van der Waals surface area contributed by atoms with E-state index in [1.54, 1.807) is 13.0 Å². The quantitative estimate of drug-likeness (QED) is 0.0536. The van der Waals surface area contributed by atoms with Crippen molar-refractivity contribution < 1.29 is 9.59 Å². The molecule has 0 aromatic rings. The zero-order valence-electron chi connectivity index (χ0n) is 35.1. The fourth-order valence-electron chi connectivity index (χ4n) is 4.66. The van der Waals surface area contributed by atoms with Gasteiger partial charge >= 0.3 is 0 Å². The van der Waals surface area contributed by atoms with Gasteiger partial charge in [-0.05, 0) is 72.8 Å². The van der Waals surface area contributed by atoms with Crippen molar-refractivity contribution in [3.63, 3.8) is 0 Å². The number of hydrogen-bond acceptors (Lipinski definition) is 2. The van der Waals surface area contributed by atoms with E-state index in [4.69, 9.17) is 0 Å². The molecule has 2 unspecified atom stereocenters. The Bertz CT molecular complexity index is 670. The molecule has 0 aromatic carbocycles. The highest BCUT2D eigenvalue weighted by Crippen LogP contribution is 2.35. The Balaban J connectivity index is -0.000000163. The predicted octanol–water partition coefficient (Wildman–Crippen LogP) is 16.0. The molecule has 0 fully saturated rings. The number of ketones is 2. The summed E-state index contributed by atoms with van der Waals surface area (Å²) in [5.41, 5.74) is 2.16. The van der Waals surface area contributed by atoms with Gasteiger partial charge in [-0.1, -0.05) is 182 Å². The molecule has 0 aliphatic heterocycles. The van der Waals surface area contributed by atoms with E-state index in [0.29, 0.717) is 12.8 Å². The maximum absolute atomic E-state index is 12.9. The molecular weight excluding hydrogens is 560 g/mol. The largest absolute Gasteiger partial charge is 0.299 e. The van der Waals surface area contributed by atoms with Crippen molar-refractivity contribution in [1.82, 2.24) is 0 Å². The van der Waals surface area contributed by atoms with E-state index in [2.05, 4.69) is 40.9 Å². The van der Waals surface area contributed by atoms with Crippen molar-refractivity contribution in [2.24, 2.45) is 11.3 Å². The molecule has 0 radical (unpaired) electrons. The van der Waals surface area contributed by atoms with Crippen LogP contribution < -0.4 is 0 Å². The lowest BCUT2D eigenvalue weighted by Gasteiger charge is -2.29. The van der Waals surface area contributed by atoms with Gasteiger partial charge in [-0.15, -0.1) is 13.2 Å². The first-order chi connectivity index (χ1) is 21.8. The van der Waals surface area contributed by atoms with Crippen molar-refractivity contribution >= 4 is 11.6 Å². The minimum absolute atomic E-state index is 0.0376. The van der Waals surface area contributed by atoms with Gasteiger partial charge in [0, 0.05) is 0 Å². The van der Waals surface area contributed by atoms with E-state index >= 15 is 0 Å². The summed E-state index contributed by atoms with van der Waals surface area (Å²) < 4.78 is 0. The van der Waals surface area contributed by atoms with Crippen LogP contribution in [0.5, 0.6) is 0 Å². The fraction of sp³-hybridized carbons (Fsp3) is 0.818. The summed E-state index contributed by atoms with van der Waals surface area (Å²) >= 11 is 0. The van der Waals surface area contributed by atoms with Crippen molar-refractivity contribution in [1.29, 1.82) is 0 Å². The molecule has 0 aliphatic rings. The lowest BCUT2D eigenvalue weighted by atomic mass is 9.71. The molecule has 0 N–H and O–H groups in total. The van der Waals surface area contributed by atoms with Gasteiger partial charge in [0.05, 0.1) is 5.41 Å².